The molecule has 4 nitrogen and oxygen atoms in total. The standard InChI is InChI=1S/C14H16F2N2O2/c1-8-6-13(19)17-9(2)14(20)18(8)7-10-11(15)4-3-5-12(10)16/h3-5,8-9H,6-7H2,1-2H3,(H,17,19). The van der Waals surface area contributed by atoms with E-state index in [-0.39, 0.29) is 30.3 Å². The second kappa shape index (κ2) is 5.56. The summed E-state index contributed by atoms with van der Waals surface area (Å²) in [6.45, 7) is 3.06. The fraction of sp³-hybridized carbons (Fsp3) is 0.429. The van der Waals surface area contributed by atoms with Gasteiger partial charge in [-0.1, -0.05) is 6.07 Å². The van der Waals surface area contributed by atoms with Crippen molar-refractivity contribution >= 4 is 11.8 Å². The fourth-order valence-corrected chi connectivity index (χ4v) is 2.29. The fourth-order valence-electron chi connectivity index (χ4n) is 2.29. The van der Waals surface area contributed by atoms with E-state index in [0.717, 1.165) is 12.1 Å². The molecule has 2 unspecified atom stereocenters. The van der Waals surface area contributed by atoms with Crippen LogP contribution >= 0.6 is 0 Å². The lowest BCUT2D eigenvalue weighted by Gasteiger charge is -2.28. The van der Waals surface area contributed by atoms with Crippen molar-refractivity contribution in [2.75, 3.05) is 0 Å². The predicted molar refractivity (Wildman–Crippen MR) is 68.6 cm³/mol. The summed E-state index contributed by atoms with van der Waals surface area (Å²) in [6, 6.07) is 2.47. The monoisotopic (exact) mass is 282 g/mol. The highest BCUT2D eigenvalue weighted by atomic mass is 19.1. The molecule has 2 rings (SSSR count). The van der Waals surface area contributed by atoms with Gasteiger partial charge in [-0.15, -0.1) is 0 Å². The quantitative estimate of drug-likeness (QED) is 0.895. The molecule has 108 valence electrons. The van der Waals surface area contributed by atoms with E-state index in [1.165, 1.54) is 11.0 Å². The van der Waals surface area contributed by atoms with Crippen LogP contribution in [0, 0.1) is 11.6 Å². The summed E-state index contributed by atoms with van der Waals surface area (Å²) in [4.78, 5) is 25.1. The first-order valence-corrected chi connectivity index (χ1v) is 6.43. The Hall–Kier alpha value is -1.98. The van der Waals surface area contributed by atoms with Crippen LogP contribution in [0.25, 0.3) is 0 Å². The van der Waals surface area contributed by atoms with E-state index < -0.39 is 23.7 Å². The zero-order valence-corrected chi connectivity index (χ0v) is 11.3. The van der Waals surface area contributed by atoms with Crippen LogP contribution < -0.4 is 5.32 Å². The number of halogens is 2. The number of carbonyl (C=O) groups excluding carboxylic acids is 2. The van der Waals surface area contributed by atoms with Crippen molar-refractivity contribution in [2.24, 2.45) is 0 Å². The summed E-state index contributed by atoms with van der Waals surface area (Å²) in [6.07, 6.45) is 0.117. The van der Waals surface area contributed by atoms with Crippen LogP contribution in [-0.2, 0) is 16.1 Å². The van der Waals surface area contributed by atoms with Crippen molar-refractivity contribution in [3.8, 4) is 0 Å². The van der Waals surface area contributed by atoms with Crippen LogP contribution in [0.4, 0.5) is 8.78 Å². The molecule has 1 fully saturated rings. The number of nitrogens with one attached hydrogen (secondary N) is 1. The first-order valence-electron chi connectivity index (χ1n) is 6.43. The molecule has 1 N–H and O–H groups in total. The molecule has 1 aromatic rings. The van der Waals surface area contributed by atoms with Crippen LogP contribution in [0.5, 0.6) is 0 Å². The van der Waals surface area contributed by atoms with E-state index in [1.807, 2.05) is 0 Å². The average Bonchev–Trinajstić information content (AvgIpc) is 2.44. The topological polar surface area (TPSA) is 49.4 Å². The van der Waals surface area contributed by atoms with Gasteiger partial charge in [0.25, 0.3) is 0 Å². The molecule has 20 heavy (non-hydrogen) atoms. The van der Waals surface area contributed by atoms with E-state index in [9.17, 15) is 18.4 Å². The molecule has 2 atom stereocenters. The number of hydrogen-bond donors (Lipinski definition) is 1. The van der Waals surface area contributed by atoms with Crippen LogP contribution in [0.15, 0.2) is 18.2 Å². The minimum atomic E-state index is -0.693. The van der Waals surface area contributed by atoms with Gasteiger partial charge in [0.1, 0.15) is 17.7 Å². The number of nitrogens with zero attached hydrogens (tertiary/aromatic N) is 1. The summed E-state index contributed by atoms with van der Waals surface area (Å²) in [5.74, 6) is -1.97. The van der Waals surface area contributed by atoms with Crippen molar-refractivity contribution in [1.29, 1.82) is 0 Å². The molecule has 1 aliphatic heterocycles. The molecule has 0 radical (unpaired) electrons. The molecule has 0 bridgehead atoms. The lowest BCUT2D eigenvalue weighted by Crippen LogP contribution is -2.44. The Kier molecular flexibility index (Phi) is 4.01. The maximum Gasteiger partial charge on any atom is 0.245 e. The zero-order valence-electron chi connectivity index (χ0n) is 11.3. The van der Waals surface area contributed by atoms with Crippen LogP contribution in [0.1, 0.15) is 25.8 Å². The molecule has 0 aromatic heterocycles. The maximum absolute atomic E-state index is 13.7. The van der Waals surface area contributed by atoms with Gasteiger partial charge in [0, 0.05) is 18.0 Å². The Morgan fingerprint density at radius 2 is 1.85 bits per heavy atom. The third-order valence-corrected chi connectivity index (χ3v) is 3.43. The lowest BCUT2D eigenvalue weighted by atomic mass is 10.1. The Morgan fingerprint density at radius 3 is 2.45 bits per heavy atom. The molecule has 0 spiro atoms. The SMILES string of the molecule is CC1NC(=O)CC(C)N(Cc2c(F)cccc2F)C1=O. The normalized spacial score (nSPS) is 23.5. The highest BCUT2D eigenvalue weighted by molar-refractivity contribution is 5.90. The molecular formula is C14H16F2N2O2. The lowest BCUT2D eigenvalue weighted by molar-refractivity contribution is -0.135. The van der Waals surface area contributed by atoms with E-state index in [1.54, 1.807) is 13.8 Å². The summed E-state index contributed by atoms with van der Waals surface area (Å²) < 4.78 is 27.3. The van der Waals surface area contributed by atoms with Gasteiger partial charge in [-0.25, -0.2) is 8.78 Å². The molecule has 1 aliphatic rings. The highest BCUT2D eigenvalue weighted by Crippen LogP contribution is 2.19. The molecule has 0 aliphatic carbocycles. The number of amides is 2. The van der Waals surface area contributed by atoms with Crippen LogP contribution in [0.2, 0.25) is 0 Å². The smallest absolute Gasteiger partial charge is 0.245 e. The third-order valence-electron chi connectivity index (χ3n) is 3.43. The summed E-state index contributed by atoms with van der Waals surface area (Å²) >= 11 is 0. The summed E-state index contributed by atoms with van der Waals surface area (Å²) in [5.41, 5.74) is -0.158. The molecule has 6 heteroatoms. The first-order chi connectivity index (χ1) is 9.40. The van der Waals surface area contributed by atoms with Gasteiger partial charge in [-0.3, -0.25) is 9.59 Å². The Bertz CT molecular complexity index is 528. The van der Waals surface area contributed by atoms with Gasteiger partial charge in [0.2, 0.25) is 11.8 Å². The molecule has 1 saturated heterocycles. The summed E-state index contributed by atoms with van der Waals surface area (Å²) in [5, 5.41) is 2.55. The minimum absolute atomic E-state index is 0.117. The van der Waals surface area contributed by atoms with Crippen molar-refractivity contribution in [3.63, 3.8) is 0 Å². The van der Waals surface area contributed by atoms with Crippen LogP contribution in [0.3, 0.4) is 0 Å². The molecule has 1 aromatic carbocycles. The highest BCUT2D eigenvalue weighted by Gasteiger charge is 2.32. The van der Waals surface area contributed by atoms with Gasteiger partial charge in [-0.05, 0) is 26.0 Å². The van der Waals surface area contributed by atoms with Gasteiger partial charge in [0.05, 0.1) is 6.54 Å². The number of benzene rings is 1. The van der Waals surface area contributed by atoms with E-state index >= 15 is 0 Å². The second-order valence-electron chi connectivity index (χ2n) is 5.01. The van der Waals surface area contributed by atoms with Crippen molar-refractivity contribution in [1.82, 2.24) is 10.2 Å². The number of rotatable bonds is 2. The summed E-state index contributed by atoms with van der Waals surface area (Å²) in [7, 11) is 0. The number of hydrogen-bond acceptors (Lipinski definition) is 2. The first kappa shape index (κ1) is 14.4. The predicted octanol–water partition coefficient (Wildman–Crippen LogP) is 1.59. The zero-order chi connectivity index (χ0) is 14.9. The Morgan fingerprint density at radius 1 is 1.25 bits per heavy atom. The molecule has 2 amide bonds. The van der Waals surface area contributed by atoms with Crippen LogP contribution in [-0.4, -0.2) is 28.8 Å². The van der Waals surface area contributed by atoms with Crippen molar-refractivity contribution in [3.05, 3.63) is 35.4 Å². The average molecular weight is 282 g/mol. The van der Waals surface area contributed by atoms with Gasteiger partial charge < -0.3 is 10.2 Å². The molecule has 0 saturated carbocycles. The molecular weight excluding hydrogens is 266 g/mol. The van der Waals surface area contributed by atoms with Crippen molar-refractivity contribution < 1.29 is 18.4 Å². The van der Waals surface area contributed by atoms with Gasteiger partial charge in [0.15, 0.2) is 0 Å². The van der Waals surface area contributed by atoms with E-state index in [4.69, 9.17) is 0 Å². The van der Waals surface area contributed by atoms with Gasteiger partial charge in [-0.2, -0.15) is 0 Å². The number of carbonyl (C=O) groups is 2. The second-order valence-corrected chi connectivity index (χ2v) is 5.01. The van der Waals surface area contributed by atoms with Crippen molar-refractivity contribution in [2.45, 2.75) is 38.9 Å². The van der Waals surface area contributed by atoms with E-state index in [2.05, 4.69) is 5.32 Å². The largest absolute Gasteiger partial charge is 0.345 e. The van der Waals surface area contributed by atoms with E-state index in [0.29, 0.717) is 0 Å². The Labute approximate surface area is 115 Å². The molecule has 1 heterocycles. The maximum atomic E-state index is 13.7. The van der Waals surface area contributed by atoms with Gasteiger partial charge >= 0.3 is 0 Å². The third kappa shape index (κ3) is 2.79. The Balaban J connectivity index is 2.30. The minimum Gasteiger partial charge on any atom is -0.345 e.